The van der Waals surface area contributed by atoms with E-state index >= 15 is 0 Å². The fourth-order valence-electron chi connectivity index (χ4n) is 1.63. The van der Waals surface area contributed by atoms with Crippen molar-refractivity contribution in [3.8, 4) is 5.75 Å². The van der Waals surface area contributed by atoms with Crippen LogP contribution in [-0.4, -0.2) is 12.0 Å². The molecule has 0 saturated heterocycles. The Hall–Kier alpha value is -0.750. The first-order chi connectivity index (χ1) is 10.4. The highest BCUT2D eigenvalue weighted by Crippen LogP contribution is 2.29. The van der Waals surface area contributed by atoms with Crippen molar-refractivity contribution in [3.63, 3.8) is 0 Å². The Balaban J connectivity index is 2.04. The molecule has 0 saturated carbocycles. The molecule has 2 aromatic rings. The molecule has 0 aliphatic rings. The number of anilines is 1. The molecule has 0 unspecified atom stereocenters. The average Bonchev–Trinajstić information content (AvgIpc) is 2.45. The third-order valence-electron chi connectivity index (χ3n) is 2.75. The average molecular weight is 468 g/mol. The van der Waals surface area contributed by atoms with Crippen LogP contribution in [0.5, 0.6) is 5.75 Å². The highest BCUT2D eigenvalue weighted by molar-refractivity contribution is 9.11. The van der Waals surface area contributed by atoms with E-state index in [4.69, 9.17) is 27.9 Å². The summed E-state index contributed by atoms with van der Waals surface area (Å²) in [6.07, 6.45) is -0.674. The number of hydrogen-bond acceptors (Lipinski definition) is 2. The van der Waals surface area contributed by atoms with Gasteiger partial charge in [-0.15, -0.1) is 0 Å². The lowest BCUT2D eigenvalue weighted by Gasteiger charge is -2.16. The summed E-state index contributed by atoms with van der Waals surface area (Å²) in [5, 5.41) is 3.54. The first-order valence-corrected chi connectivity index (χ1v) is 8.58. The summed E-state index contributed by atoms with van der Waals surface area (Å²) >= 11 is 18.5. The second-order valence-electron chi connectivity index (χ2n) is 4.45. The molecule has 2 aromatic carbocycles. The van der Waals surface area contributed by atoms with Gasteiger partial charge in [-0.2, -0.15) is 0 Å². The van der Waals surface area contributed by atoms with Crippen molar-refractivity contribution in [2.45, 2.75) is 13.0 Å². The Kier molecular flexibility index (Phi) is 6.15. The molecule has 116 valence electrons. The first kappa shape index (κ1) is 17.6. The summed E-state index contributed by atoms with van der Waals surface area (Å²) in [4.78, 5) is 12.2. The Morgan fingerprint density at radius 1 is 1.14 bits per heavy atom. The highest BCUT2D eigenvalue weighted by Gasteiger charge is 2.16. The van der Waals surface area contributed by atoms with Gasteiger partial charge in [-0.1, -0.05) is 39.1 Å². The number of carbonyl (C=O) groups is 1. The van der Waals surface area contributed by atoms with E-state index in [1.165, 1.54) is 0 Å². The van der Waals surface area contributed by atoms with Crippen LogP contribution < -0.4 is 10.1 Å². The minimum atomic E-state index is -0.674. The molecular formula is C15H11Br2Cl2NO2. The summed E-state index contributed by atoms with van der Waals surface area (Å²) in [6, 6.07) is 10.3. The maximum atomic E-state index is 12.2. The lowest BCUT2D eigenvalue weighted by atomic mass is 10.3. The van der Waals surface area contributed by atoms with Crippen molar-refractivity contribution in [3.05, 3.63) is 55.4 Å². The molecule has 0 heterocycles. The lowest BCUT2D eigenvalue weighted by molar-refractivity contribution is -0.122. The van der Waals surface area contributed by atoms with Crippen molar-refractivity contribution >= 4 is 66.7 Å². The third kappa shape index (κ3) is 4.62. The van der Waals surface area contributed by atoms with Crippen molar-refractivity contribution in [2.24, 2.45) is 0 Å². The van der Waals surface area contributed by atoms with Gasteiger partial charge in [0.05, 0.1) is 14.5 Å². The second-order valence-corrected chi connectivity index (χ2v) is 7.04. The van der Waals surface area contributed by atoms with Crippen LogP contribution in [0, 0.1) is 0 Å². The Labute approximate surface area is 155 Å². The van der Waals surface area contributed by atoms with Crippen molar-refractivity contribution in [1.29, 1.82) is 0 Å². The molecule has 0 aromatic heterocycles. The van der Waals surface area contributed by atoms with Gasteiger partial charge in [0.25, 0.3) is 5.91 Å². The van der Waals surface area contributed by atoms with Gasteiger partial charge in [-0.3, -0.25) is 4.79 Å². The molecule has 0 fully saturated rings. The Bertz CT molecular complexity index is 710. The summed E-state index contributed by atoms with van der Waals surface area (Å²) in [6.45, 7) is 1.67. The van der Waals surface area contributed by atoms with Gasteiger partial charge in [0.15, 0.2) is 6.10 Å². The molecule has 0 aliphatic heterocycles. The summed E-state index contributed by atoms with van der Waals surface area (Å²) in [5.74, 6) is 0.299. The molecular weight excluding hydrogens is 457 g/mol. The van der Waals surface area contributed by atoms with E-state index in [0.717, 1.165) is 8.95 Å². The number of carbonyl (C=O) groups excluding carboxylic acids is 1. The van der Waals surface area contributed by atoms with Gasteiger partial charge >= 0.3 is 0 Å². The van der Waals surface area contributed by atoms with Crippen molar-refractivity contribution in [2.75, 3.05) is 5.32 Å². The van der Waals surface area contributed by atoms with E-state index < -0.39 is 6.10 Å². The zero-order valence-electron chi connectivity index (χ0n) is 11.4. The summed E-state index contributed by atoms with van der Waals surface area (Å²) in [7, 11) is 0. The Morgan fingerprint density at radius 3 is 2.50 bits per heavy atom. The monoisotopic (exact) mass is 465 g/mol. The van der Waals surface area contributed by atoms with Gasteiger partial charge in [-0.25, -0.2) is 0 Å². The van der Waals surface area contributed by atoms with Crippen molar-refractivity contribution in [1.82, 2.24) is 0 Å². The fourth-order valence-corrected chi connectivity index (χ4v) is 3.07. The zero-order chi connectivity index (χ0) is 16.3. The van der Waals surface area contributed by atoms with Crippen LogP contribution in [0.4, 0.5) is 5.69 Å². The van der Waals surface area contributed by atoms with Crippen LogP contribution in [0.2, 0.25) is 10.0 Å². The second kappa shape index (κ2) is 7.68. The molecule has 0 bridgehead atoms. The van der Waals surface area contributed by atoms with Gasteiger partial charge in [0.1, 0.15) is 5.75 Å². The molecule has 2 rings (SSSR count). The van der Waals surface area contributed by atoms with E-state index in [1.54, 1.807) is 31.2 Å². The molecule has 3 nitrogen and oxygen atoms in total. The van der Waals surface area contributed by atoms with Gasteiger partial charge in [-0.05, 0) is 59.3 Å². The first-order valence-electron chi connectivity index (χ1n) is 6.24. The number of halogens is 4. The summed E-state index contributed by atoms with van der Waals surface area (Å²) in [5.41, 5.74) is 0.560. The predicted octanol–water partition coefficient (Wildman–Crippen LogP) is 5.92. The predicted molar refractivity (Wildman–Crippen MR) is 97.0 cm³/mol. The SMILES string of the molecule is C[C@@H](Oc1ccc(Br)cc1Br)C(=O)Nc1ccc(Cl)c(Cl)c1. The molecule has 0 aliphatic carbocycles. The Morgan fingerprint density at radius 2 is 1.86 bits per heavy atom. The largest absolute Gasteiger partial charge is 0.480 e. The van der Waals surface area contributed by atoms with Gasteiger partial charge < -0.3 is 10.1 Å². The number of hydrogen-bond donors (Lipinski definition) is 1. The van der Waals surface area contributed by atoms with Crippen LogP contribution >= 0.6 is 55.1 Å². The van der Waals surface area contributed by atoms with E-state index in [2.05, 4.69) is 37.2 Å². The molecule has 0 spiro atoms. The van der Waals surface area contributed by atoms with Crippen LogP contribution in [-0.2, 0) is 4.79 Å². The minimum absolute atomic E-state index is 0.284. The topological polar surface area (TPSA) is 38.3 Å². The van der Waals surface area contributed by atoms with E-state index in [1.807, 2.05) is 12.1 Å². The molecule has 1 N–H and O–H groups in total. The maximum Gasteiger partial charge on any atom is 0.265 e. The quantitative estimate of drug-likeness (QED) is 0.605. The van der Waals surface area contributed by atoms with E-state index in [9.17, 15) is 4.79 Å². The van der Waals surface area contributed by atoms with Gasteiger partial charge in [0, 0.05) is 10.2 Å². The van der Waals surface area contributed by atoms with Crippen LogP contribution in [0.15, 0.2) is 45.3 Å². The van der Waals surface area contributed by atoms with Gasteiger partial charge in [0.2, 0.25) is 0 Å². The normalized spacial score (nSPS) is 11.9. The molecule has 7 heteroatoms. The number of ether oxygens (including phenoxy) is 1. The van der Waals surface area contributed by atoms with E-state index in [-0.39, 0.29) is 5.91 Å². The minimum Gasteiger partial charge on any atom is -0.480 e. The molecule has 1 atom stereocenters. The lowest BCUT2D eigenvalue weighted by Crippen LogP contribution is -2.30. The van der Waals surface area contributed by atoms with Crippen LogP contribution in [0.25, 0.3) is 0 Å². The van der Waals surface area contributed by atoms with E-state index in [0.29, 0.717) is 21.5 Å². The third-order valence-corrected chi connectivity index (χ3v) is 4.61. The maximum absolute atomic E-state index is 12.2. The molecule has 22 heavy (non-hydrogen) atoms. The fraction of sp³-hybridized carbons (Fsp3) is 0.133. The van der Waals surface area contributed by atoms with Crippen LogP contribution in [0.1, 0.15) is 6.92 Å². The molecule has 1 amide bonds. The number of rotatable bonds is 4. The number of amides is 1. The number of benzene rings is 2. The van der Waals surface area contributed by atoms with Crippen LogP contribution in [0.3, 0.4) is 0 Å². The smallest absolute Gasteiger partial charge is 0.265 e. The standard InChI is InChI=1S/C15H11Br2Cl2NO2/c1-8(22-14-5-2-9(16)6-11(14)17)15(21)20-10-3-4-12(18)13(19)7-10/h2-8H,1H3,(H,20,21)/t8-/m1/s1. The molecule has 0 radical (unpaired) electrons. The highest BCUT2D eigenvalue weighted by atomic mass is 79.9. The van der Waals surface area contributed by atoms with Crippen molar-refractivity contribution < 1.29 is 9.53 Å². The zero-order valence-corrected chi connectivity index (χ0v) is 16.1. The number of nitrogens with one attached hydrogen (secondary N) is 1. The summed E-state index contributed by atoms with van der Waals surface area (Å²) < 4.78 is 7.33.